The zero-order valence-electron chi connectivity index (χ0n) is 10.00. The van der Waals surface area contributed by atoms with E-state index in [0.29, 0.717) is 0 Å². The molecule has 0 aliphatic carbocycles. The van der Waals surface area contributed by atoms with Crippen LogP contribution < -0.4 is 0 Å². The molecule has 0 bridgehead atoms. The first kappa shape index (κ1) is 15.4. The summed E-state index contributed by atoms with van der Waals surface area (Å²) in [6, 6.07) is 5.60. The minimum atomic E-state index is -3.91. The molecule has 0 radical (unpaired) electrons. The lowest BCUT2D eigenvalue weighted by Gasteiger charge is -2.17. The van der Waals surface area contributed by atoms with Gasteiger partial charge in [0.2, 0.25) is 10.0 Å². The van der Waals surface area contributed by atoms with Crippen molar-refractivity contribution in [3.05, 3.63) is 28.8 Å². The van der Waals surface area contributed by atoms with Crippen LogP contribution in [0.4, 0.5) is 0 Å². The van der Waals surface area contributed by atoms with Gasteiger partial charge < -0.3 is 5.11 Å². The van der Waals surface area contributed by atoms with Crippen LogP contribution in [0.1, 0.15) is 12.0 Å². The summed E-state index contributed by atoms with van der Waals surface area (Å²) in [7, 11) is -2.65. The number of hydrogen-bond acceptors (Lipinski definition) is 4. The number of halogens is 1. The Morgan fingerprint density at radius 1 is 1.53 bits per heavy atom. The summed E-state index contributed by atoms with van der Waals surface area (Å²) in [5, 5.41) is 17.7. The molecule has 102 valence electrons. The Morgan fingerprint density at radius 2 is 2.16 bits per heavy atom. The number of sulfonamides is 1. The van der Waals surface area contributed by atoms with Gasteiger partial charge in [-0.3, -0.25) is 4.79 Å². The monoisotopic (exact) mass is 302 g/mol. The molecule has 6 nitrogen and oxygen atoms in total. The van der Waals surface area contributed by atoms with E-state index < -0.39 is 16.0 Å². The van der Waals surface area contributed by atoms with E-state index >= 15 is 0 Å². The first-order valence-corrected chi connectivity index (χ1v) is 6.98. The summed E-state index contributed by atoms with van der Waals surface area (Å²) >= 11 is 5.69. The Kier molecular flexibility index (Phi) is 4.89. The van der Waals surface area contributed by atoms with Crippen molar-refractivity contribution in [3.63, 3.8) is 0 Å². The van der Waals surface area contributed by atoms with Crippen molar-refractivity contribution >= 4 is 27.6 Å². The van der Waals surface area contributed by atoms with Crippen LogP contribution in [-0.4, -0.2) is 37.4 Å². The Balaban J connectivity index is 3.14. The van der Waals surface area contributed by atoms with Crippen molar-refractivity contribution in [2.75, 3.05) is 13.6 Å². The Bertz CT molecular complexity index is 637. The first-order chi connectivity index (χ1) is 8.78. The SMILES string of the molecule is CN(CCC(=O)O)S(=O)(=O)c1ccc(Cl)cc1C#N. The van der Waals surface area contributed by atoms with E-state index in [-0.39, 0.29) is 28.4 Å². The summed E-state index contributed by atoms with van der Waals surface area (Å²) < 4.78 is 25.2. The van der Waals surface area contributed by atoms with Crippen LogP contribution in [0, 0.1) is 11.3 Å². The molecule has 0 atom stereocenters. The first-order valence-electron chi connectivity index (χ1n) is 5.17. The molecule has 0 unspecified atom stereocenters. The van der Waals surface area contributed by atoms with Gasteiger partial charge in [0.05, 0.1) is 12.0 Å². The van der Waals surface area contributed by atoms with Crippen molar-refractivity contribution < 1.29 is 18.3 Å². The van der Waals surface area contributed by atoms with E-state index in [1.54, 1.807) is 6.07 Å². The van der Waals surface area contributed by atoms with E-state index in [4.69, 9.17) is 22.0 Å². The summed E-state index contributed by atoms with van der Waals surface area (Å²) in [6.45, 7) is -0.175. The van der Waals surface area contributed by atoms with E-state index in [9.17, 15) is 13.2 Å². The predicted octanol–water partition coefficient (Wildman–Crippen LogP) is 1.31. The van der Waals surface area contributed by atoms with Crippen LogP contribution in [0.3, 0.4) is 0 Å². The van der Waals surface area contributed by atoms with E-state index in [0.717, 1.165) is 4.31 Å². The van der Waals surface area contributed by atoms with Crippen LogP contribution in [0.25, 0.3) is 0 Å². The lowest BCUT2D eigenvalue weighted by molar-refractivity contribution is -0.137. The second-order valence-corrected chi connectivity index (χ2v) is 6.17. The molecule has 0 saturated heterocycles. The molecule has 1 N–H and O–H groups in total. The molecule has 8 heteroatoms. The van der Waals surface area contributed by atoms with Crippen LogP contribution in [-0.2, 0) is 14.8 Å². The minimum absolute atomic E-state index is 0.0744. The Labute approximate surface area is 115 Å². The van der Waals surface area contributed by atoms with Crippen LogP contribution >= 0.6 is 11.6 Å². The van der Waals surface area contributed by atoms with Gasteiger partial charge in [0.15, 0.2) is 0 Å². The molecule has 0 fully saturated rings. The number of rotatable bonds is 5. The number of benzene rings is 1. The fraction of sp³-hybridized carbons (Fsp3) is 0.273. The zero-order chi connectivity index (χ0) is 14.6. The van der Waals surface area contributed by atoms with E-state index in [1.165, 1.54) is 25.2 Å². The second kappa shape index (κ2) is 6.02. The zero-order valence-corrected chi connectivity index (χ0v) is 11.6. The summed E-state index contributed by atoms with van der Waals surface area (Å²) in [6.07, 6.45) is -0.314. The molecule has 0 saturated carbocycles. The van der Waals surface area contributed by atoms with Crippen LogP contribution in [0.2, 0.25) is 5.02 Å². The molecule has 0 amide bonds. The van der Waals surface area contributed by atoms with Gasteiger partial charge in [0.25, 0.3) is 0 Å². The average Bonchev–Trinajstić information content (AvgIpc) is 2.35. The highest BCUT2D eigenvalue weighted by atomic mass is 35.5. The van der Waals surface area contributed by atoms with E-state index in [2.05, 4.69) is 0 Å². The largest absolute Gasteiger partial charge is 0.481 e. The highest BCUT2D eigenvalue weighted by molar-refractivity contribution is 7.89. The number of hydrogen-bond donors (Lipinski definition) is 1. The Hall–Kier alpha value is -1.62. The quantitative estimate of drug-likeness (QED) is 0.884. The number of aliphatic carboxylic acids is 1. The van der Waals surface area contributed by atoms with Gasteiger partial charge in [0.1, 0.15) is 11.0 Å². The highest BCUT2D eigenvalue weighted by Crippen LogP contribution is 2.22. The smallest absolute Gasteiger partial charge is 0.304 e. The fourth-order valence-corrected chi connectivity index (χ4v) is 2.82. The third-order valence-electron chi connectivity index (χ3n) is 2.39. The number of carbonyl (C=O) groups is 1. The maximum absolute atomic E-state index is 12.2. The van der Waals surface area contributed by atoms with Gasteiger partial charge in [-0.2, -0.15) is 5.26 Å². The van der Waals surface area contributed by atoms with Crippen molar-refractivity contribution in [3.8, 4) is 6.07 Å². The molecule has 0 aromatic heterocycles. The average molecular weight is 303 g/mol. The van der Waals surface area contributed by atoms with Gasteiger partial charge in [-0.25, -0.2) is 12.7 Å². The normalized spacial score (nSPS) is 11.3. The fourth-order valence-electron chi connectivity index (χ4n) is 1.36. The van der Waals surface area contributed by atoms with Gasteiger partial charge in [-0.1, -0.05) is 11.6 Å². The van der Waals surface area contributed by atoms with Crippen LogP contribution in [0.15, 0.2) is 23.1 Å². The van der Waals surface area contributed by atoms with Crippen molar-refractivity contribution in [1.29, 1.82) is 5.26 Å². The molecule has 1 aromatic rings. The van der Waals surface area contributed by atoms with Gasteiger partial charge >= 0.3 is 5.97 Å². The maximum Gasteiger partial charge on any atom is 0.304 e. The minimum Gasteiger partial charge on any atom is -0.481 e. The third-order valence-corrected chi connectivity index (χ3v) is 4.54. The van der Waals surface area contributed by atoms with Gasteiger partial charge in [0, 0.05) is 18.6 Å². The molecular weight excluding hydrogens is 292 g/mol. The topological polar surface area (TPSA) is 98.5 Å². The van der Waals surface area contributed by atoms with Crippen molar-refractivity contribution in [2.24, 2.45) is 0 Å². The molecule has 19 heavy (non-hydrogen) atoms. The highest BCUT2D eigenvalue weighted by Gasteiger charge is 2.24. The third kappa shape index (κ3) is 3.67. The van der Waals surface area contributed by atoms with Crippen molar-refractivity contribution in [2.45, 2.75) is 11.3 Å². The number of nitriles is 1. The molecule has 0 aliphatic rings. The molecule has 0 aliphatic heterocycles. The molecule has 0 heterocycles. The number of nitrogens with zero attached hydrogens (tertiary/aromatic N) is 2. The molecule has 0 spiro atoms. The van der Waals surface area contributed by atoms with Gasteiger partial charge in [-0.15, -0.1) is 0 Å². The van der Waals surface area contributed by atoms with E-state index in [1.807, 2.05) is 0 Å². The Morgan fingerprint density at radius 3 is 2.68 bits per heavy atom. The summed E-state index contributed by atoms with van der Waals surface area (Å²) in [5.41, 5.74) is -0.0744. The van der Waals surface area contributed by atoms with Crippen molar-refractivity contribution in [1.82, 2.24) is 4.31 Å². The molecule has 1 aromatic carbocycles. The predicted molar refractivity (Wildman–Crippen MR) is 68.2 cm³/mol. The second-order valence-electron chi connectivity index (χ2n) is 3.72. The standard InChI is InChI=1S/C11H11ClN2O4S/c1-14(5-4-11(15)16)19(17,18)10-3-2-9(12)6-8(10)7-13/h2-3,6H,4-5H2,1H3,(H,15,16). The number of carboxylic acids is 1. The molecular formula is C11H11ClN2O4S. The molecule has 1 rings (SSSR count). The maximum atomic E-state index is 12.2. The number of carboxylic acid groups (broad SMARTS) is 1. The van der Waals surface area contributed by atoms with Crippen LogP contribution in [0.5, 0.6) is 0 Å². The summed E-state index contributed by atoms with van der Waals surface area (Å²) in [4.78, 5) is 10.3. The lowest BCUT2D eigenvalue weighted by atomic mass is 10.2. The lowest BCUT2D eigenvalue weighted by Crippen LogP contribution is -2.29. The van der Waals surface area contributed by atoms with Gasteiger partial charge in [-0.05, 0) is 18.2 Å². The summed E-state index contributed by atoms with van der Waals surface area (Å²) in [5.74, 6) is -1.10.